The maximum Gasteiger partial charge on any atom is 0.303 e. The lowest BCUT2D eigenvalue weighted by atomic mass is 9.44. The molecule has 0 amide bonds. The van der Waals surface area contributed by atoms with Crippen LogP contribution in [0.15, 0.2) is 0 Å². The van der Waals surface area contributed by atoms with Gasteiger partial charge in [-0.2, -0.15) is 0 Å². The van der Waals surface area contributed by atoms with Crippen LogP contribution >= 0.6 is 0 Å². The highest BCUT2D eigenvalue weighted by molar-refractivity contribution is 5.66. The smallest absolute Gasteiger partial charge is 0.303 e. The number of hydrogen-bond donors (Lipinski definition) is 6. The minimum absolute atomic E-state index is 0.0259. The molecule has 0 aromatic carbocycles. The Kier molecular flexibility index (Phi) is 8.84. The Bertz CT molecular complexity index is 1220. The van der Waals surface area contributed by atoms with Crippen LogP contribution in [0.2, 0.25) is 0 Å². The number of aliphatic hydroxyl groups is 5. The molecule has 1 heterocycles. The summed E-state index contributed by atoms with van der Waals surface area (Å²) in [5, 5.41) is 52.8. The number of rotatable bonds is 10. The SMILES string of the molecule is CC(=O)O[C@@H](C1CC[C@H]2C(O1)[C@H](O)[C@@]1(N)C3CCC4C(C)(C)[C@@H](OC(OCC=O)[C@H](O)C(O)O)CCC45CC35CCC21C)C(C)(C)O. The van der Waals surface area contributed by atoms with Crippen LogP contribution in [-0.4, -0.2) is 105 Å². The van der Waals surface area contributed by atoms with Gasteiger partial charge in [-0.25, -0.2) is 0 Å². The monoisotopic (exact) mass is 667 g/mol. The van der Waals surface area contributed by atoms with Crippen LogP contribution < -0.4 is 5.73 Å². The van der Waals surface area contributed by atoms with Gasteiger partial charge in [0.1, 0.15) is 12.9 Å². The fraction of sp³-hybridized carbons (Fsp3) is 0.943. The standard InChI is InChI=1S/C35H57NO11/c1-18(38)45-27(31(4,5)43)20-8-7-19-25(46-20)26(40)35(36)22-10-9-21-30(2,3)23(47-29(44-16-15-37)24(39)28(41)42)11-12-33(21)17-34(22,33)14-13-32(19,35)6/h15,19-29,39-43H,7-14,16-17,36H2,1-6H3/t19-,20?,21?,22?,23-,24+,25?,26-,27-,29?,32?,33?,34?,35-/m0/s1. The third-order valence-corrected chi connectivity index (χ3v) is 14.5. The summed E-state index contributed by atoms with van der Waals surface area (Å²) in [6.07, 6.45) is -0.252. The number of carbonyl (C=O) groups excluding carboxylic acids is 2. The maximum atomic E-state index is 12.3. The summed E-state index contributed by atoms with van der Waals surface area (Å²) in [5.41, 5.74) is 4.75. The molecule has 268 valence electrons. The zero-order valence-electron chi connectivity index (χ0n) is 28.8. The van der Waals surface area contributed by atoms with Gasteiger partial charge in [0.25, 0.3) is 0 Å². The number of fused-ring (bicyclic) bond motifs is 4. The number of carbonyl (C=O) groups is 2. The number of aldehydes is 1. The Labute approximate surface area is 277 Å². The summed E-state index contributed by atoms with van der Waals surface area (Å²) in [4.78, 5) is 23.0. The summed E-state index contributed by atoms with van der Waals surface area (Å²) >= 11 is 0. The molecule has 0 radical (unpaired) electrons. The van der Waals surface area contributed by atoms with Crippen molar-refractivity contribution < 1.29 is 54.1 Å². The molecule has 1 aliphatic heterocycles. The highest BCUT2D eigenvalue weighted by atomic mass is 16.7. The van der Waals surface area contributed by atoms with Gasteiger partial charge < -0.3 is 55.0 Å². The summed E-state index contributed by atoms with van der Waals surface area (Å²) in [7, 11) is 0. The first-order chi connectivity index (χ1) is 21.8. The third kappa shape index (κ3) is 5.02. The molecule has 0 aromatic heterocycles. The van der Waals surface area contributed by atoms with Crippen molar-refractivity contribution in [1.82, 2.24) is 0 Å². The van der Waals surface area contributed by atoms with Crippen molar-refractivity contribution in [2.45, 2.75) is 160 Å². The lowest BCUT2D eigenvalue weighted by molar-refractivity contribution is -0.283. The Balaban J connectivity index is 1.24. The van der Waals surface area contributed by atoms with Crippen molar-refractivity contribution in [3.63, 3.8) is 0 Å². The highest BCUT2D eigenvalue weighted by Gasteiger charge is 2.85. The van der Waals surface area contributed by atoms with Crippen molar-refractivity contribution in [3.8, 4) is 0 Å². The van der Waals surface area contributed by atoms with Gasteiger partial charge in [0, 0.05) is 6.92 Å². The Morgan fingerprint density at radius 2 is 1.68 bits per heavy atom. The molecule has 2 spiro atoms. The lowest BCUT2D eigenvalue weighted by Gasteiger charge is -2.63. The Hall–Kier alpha value is -1.22. The van der Waals surface area contributed by atoms with E-state index in [0.29, 0.717) is 19.1 Å². The predicted octanol–water partition coefficient (Wildman–Crippen LogP) is 1.55. The fourth-order valence-corrected chi connectivity index (χ4v) is 12.4. The molecular formula is C35H57NO11. The van der Waals surface area contributed by atoms with Crippen molar-refractivity contribution in [1.29, 1.82) is 0 Å². The van der Waals surface area contributed by atoms with Crippen LogP contribution in [0.3, 0.4) is 0 Å². The first kappa shape index (κ1) is 35.6. The molecule has 0 bridgehead atoms. The van der Waals surface area contributed by atoms with E-state index in [4.69, 9.17) is 24.7 Å². The van der Waals surface area contributed by atoms with Gasteiger partial charge in [0.15, 0.2) is 24.8 Å². The van der Waals surface area contributed by atoms with Gasteiger partial charge in [0.05, 0.1) is 35.6 Å². The second-order valence-electron chi connectivity index (χ2n) is 17.2. The van der Waals surface area contributed by atoms with E-state index in [0.717, 1.165) is 44.9 Å². The normalized spacial score (nSPS) is 47.0. The molecular weight excluding hydrogens is 610 g/mol. The number of esters is 1. The largest absolute Gasteiger partial charge is 0.457 e. The Morgan fingerprint density at radius 1 is 1.02 bits per heavy atom. The van der Waals surface area contributed by atoms with E-state index in [2.05, 4.69) is 20.8 Å². The minimum atomic E-state index is -2.08. The van der Waals surface area contributed by atoms with E-state index in [1.165, 1.54) is 6.92 Å². The number of nitrogens with two attached hydrogens (primary N) is 1. The Morgan fingerprint density at radius 3 is 2.30 bits per heavy atom. The van der Waals surface area contributed by atoms with Gasteiger partial charge >= 0.3 is 5.97 Å². The molecule has 6 fully saturated rings. The van der Waals surface area contributed by atoms with Crippen molar-refractivity contribution >= 4 is 12.3 Å². The molecule has 12 nitrogen and oxygen atoms in total. The van der Waals surface area contributed by atoms with Gasteiger partial charge in [0.2, 0.25) is 0 Å². The van der Waals surface area contributed by atoms with Crippen LogP contribution in [0, 0.1) is 39.4 Å². The van der Waals surface area contributed by atoms with Crippen molar-refractivity contribution in [2.75, 3.05) is 6.61 Å². The van der Waals surface area contributed by atoms with Gasteiger partial charge in [-0.3, -0.25) is 4.79 Å². The molecule has 14 atom stereocenters. The lowest BCUT2D eigenvalue weighted by Crippen LogP contribution is -2.70. The van der Waals surface area contributed by atoms with Crippen LogP contribution in [-0.2, 0) is 28.5 Å². The molecule has 12 heteroatoms. The molecule has 8 unspecified atom stereocenters. The topological polar surface area (TPSA) is 198 Å². The van der Waals surface area contributed by atoms with Crippen molar-refractivity contribution in [2.24, 2.45) is 45.1 Å². The van der Waals surface area contributed by atoms with Gasteiger partial charge in [-0.05, 0) is 111 Å². The second-order valence-corrected chi connectivity index (χ2v) is 17.2. The molecule has 47 heavy (non-hydrogen) atoms. The molecule has 7 N–H and O–H groups in total. The summed E-state index contributed by atoms with van der Waals surface area (Å²) in [6, 6.07) is 0. The molecule has 5 saturated carbocycles. The molecule has 0 aromatic rings. The maximum absolute atomic E-state index is 12.3. The molecule has 6 aliphatic rings. The van der Waals surface area contributed by atoms with Gasteiger partial charge in [-0.1, -0.05) is 20.8 Å². The quantitative estimate of drug-likeness (QED) is 0.112. The molecule has 1 saturated heterocycles. The summed E-state index contributed by atoms with van der Waals surface area (Å²) in [6.45, 7) is 10.8. The average Bonchev–Trinajstić information content (AvgIpc) is 3.63. The minimum Gasteiger partial charge on any atom is -0.457 e. The first-order valence-electron chi connectivity index (χ1n) is 17.6. The van der Waals surface area contributed by atoms with E-state index >= 15 is 0 Å². The predicted molar refractivity (Wildman–Crippen MR) is 167 cm³/mol. The third-order valence-electron chi connectivity index (χ3n) is 14.5. The van der Waals surface area contributed by atoms with E-state index in [1.54, 1.807) is 13.8 Å². The van der Waals surface area contributed by atoms with Crippen LogP contribution in [0.1, 0.15) is 99.3 Å². The van der Waals surface area contributed by atoms with Crippen LogP contribution in [0.25, 0.3) is 0 Å². The van der Waals surface area contributed by atoms with E-state index in [9.17, 15) is 35.1 Å². The van der Waals surface area contributed by atoms with E-state index in [1.807, 2.05) is 0 Å². The van der Waals surface area contributed by atoms with E-state index < -0.39 is 60.2 Å². The molecule has 6 rings (SSSR count). The average molecular weight is 668 g/mol. The first-order valence-corrected chi connectivity index (χ1v) is 17.6. The van der Waals surface area contributed by atoms with E-state index in [-0.39, 0.29) is 52.1 Å². The summed E-state index contributed by atoms with van der Waals surface area (Å²) in [5.74, 6) is -0.0775. The van der Waals surface area contributed by atoms with Crippen molar-refractivity contribution in [3.05, 3.63) is 0 Å². The van der Waals surface area contributed by atoms with Crippen LogP contribution in [0.4, 0.5) is 0 Å². The van der Waals surface area contributed by atoms with Crippen LogP contribution in [0.5, 0.6) is 0 Å². The zero-order valence-corrected chi connectivity index (χ0v) is 28.8. The highest BCUT2D eigenvalue weighted by Crippen LogP contribution is 2.87. The fourth-order valence-electron chi connectivity index (χ4n) is 12.4. The molecule has 5 aliphatic carbocycles. The second kappa shape index (κ2) is 11.7. The number of hydrogen-bond acceptors (Lipinski definition) is 12. The van der Waals surface area contributed by atoms with Gasteiger partial charge in [-0.15, -0.1) is 0 Å². The zero-order chi connectivity index (χ0) is 34.5. The number of ether oxygens (including phenoxy) is 4. The summed E-state index contributed by atoms with van der Waals surface area (Å²) < 4.78 is 23.9. The number of aliphatic hydroxyl groups excluding tert-OH is 3.